The van der Waals surface area contributed by atoms with Crippen molar-refractivity contribution in [3.8, 4) is 0 Å². The van der Waals surface area contributed by atoms with Crippen molar-refractivity contribution in [2.24, 2.45) is 0 Å². The Morgan fingerprint density at radius 2 is 2.07 bits per heavy atom. The maximum Gasteiger partial charge on any atom is 0.313 e. The third-order valence-corrected chi connectivity index (χ3v) is 2.15. The average molecular weight is 194 g/mol. The smallest absolute Gasteiger partial charge is 0.313 e. The lowest BCUT2D eigenvalue weighted by molar-refractivity contribution is -0.141. The van der Waals surface area contributed by atoms with Gasteiger partial charge in [-0.2, -0.15) is 0 Å². The number of hydrogen-bond acceptors (Lipinski definition) is 2. The number of benzene rings is 1. The molecule has 0 amide bonds. The zero-order valence-corrected chi connectivity index (χ0v) is 8.27. The van der Waals surface area contributed by atoms with Crippen LogP contribution in [0.15, 0.2) is 24.3 Å². The minimum absolute atomic E-state index is 0.646. The lowest BCUT2D eigenvalue weighted by Gasteiger charge is -2.15. The van der Waals surface area contributed by atoms with E-state index in [2.05, 4.69) is 0 Å². The number of hydrogen-bond donors (Lipinski definition) is 2. The number of rotatable bonds is 3. The summed E-state index contributed by atoms with van der Waals surface area (Å²) < 4.78 is 0. The molecule has 0 saturated carbocycles. The molecule has 0 aromatic heterocycles. The first-order chi connectivity index (χ1) is 6.52. The SMILES string of the molecule is Cc1cccc([C@@H](C(=O)O)[C@@H](C)O)c1. The van der Waals surface area contributed by atoms with E-state index in [1.807, 2.05) is 13.0 Å². The monoisotopic (exact) mass is 194 g/mol. The molecule has 0 aliphatic carbocycles. The van der Waals surface area contributed by atoms with Gasteiger partial charge in [-0.1, -0.05) is 29.8 Å². The topological polar surface area (TPSA) is 57.5 Å². The molecule has 14 heavy (non-hydrogen) atoms. The maximum atomic E-state index is 10.9. The molecular formula is C11H14O3. The van der Waals surface area contributed by atoms with Gasteiger partial charge in [0.2, 0.25) is 0 Å². The van der Waals surface area contributed by atoms with Crippen LogP contribution in [0.25, 0.3) is 0 Å². The molecule has 1 aromatic rings. The predicted molar refractivity (Wildman–Crippen MR) is 53.2 cm³/mol. The van der Waals surface area contributed by atoms with E-state index in [1.54, 1.807) is 18.2 Å². The molecular weight excluding hydrogens is 180 g/mol. The maximum absolute atomic E-state index is 10.9. The van der Waals surface area contributed by atoms with Gasteiger partial charge in [0.05, 0.1) is 6.10 Å². The first kappa shape index (κ1) is 10.7. The third kappa shape index (κ3) is 2.33. The van der Waals surface area contributed by atoms with Gasteiger partial charge in [-0.05, 0) is 19.4 Å². The molecule has 0 aliphatic heterocycles. The van der Waals surface area contributed by atoms with Crippen molar-refractivity contribution < 1.29 is 15.0 Å². The zero-order chi connectivity index (χ0) is 10.7. The highest BCUT2D eigenvalue weighted by molar-refractivity contribution is 5.76. The second kappa shape index (κ2) is 4.24. The molecule has 0 radical (unpaired) electrons. The van der Waals surface area contributed by atoms with Gasteiger partial charge in [-0.3, -0.25) is 4.79 Å². The molecule has 2 atom stereocenters. The zero-order valence-electron chi connectivity index (χ0n) is 8.27. The lowest BCUT2D eigenvalue weighted by Crippen LogP contribution is -2.23. The Morgan fingerprint density at radius 1 is 1.43 bits per heavy atom. The summed E-state index contributed by atoms with van der Waals surface area (Å²) in [5.74, 6) is -1.83. The van der Waals surface area contributed by atoms with E-state index in [1.165, 1.54) is 6.92 Å². The van der Waals surface area contributed by atoms with Crippen molar-refractivity contribution >= 4 is 5.97 Å². The van der Waals surface area contributed by atoms with Crippen molar-refractivity contribution in [2.45, 2.75) is 25.9 Å². The summed E-state index contributed by atoms with van der Waals surface area (Å²) >= 11 is 0. The minimum Gasteiger partial charge on any atom is -0.481 e. The van der Waals surface area contributed by atoms with Crippen LogP contribution in [-0.2, 0) is 4.79 Å². The fourth-order valence-electron chi connectivity index (χ4n) is 1.49. The fourth-order valence-corrected chi connectivity index (χ4v) is 1.49. The summed E-state index contributed by atoms with van der Waals surface area (Å²) in [5.41, 5.74) is 1.64. The van der Waals surface area contributed by atoms with E-state index in [0.717, 1.165) is 5.56 Å². The largest absolute Gasteiger partial charge is 0.481 e. The summed E-state index contributed by atoms with van der Waals surface area (Å²) in [6.45, 7) is 3.38. The quantitative estimate of drug-likeness (QED) is 0.767. The lowest BCUT2D eigenvalue weighted by atomic mass is 9.93. The van der Waals surface area contributed by atoms with E-state index >= 15 is 0 Å². The van der Waals surface area contributed by atoms with Crippen molar-refractivity contribution in [1.29, 1.82) is 0 Å². The molecule has 1 aromatic carbocycles. The van der Waals surface area contributed by atoms with Crippen LogP contribution in [0.5, 0.6) is 0 Å². The summed E-state index contributed by atoms with van der Waals surface area (Å²) in [6.07, 6.45) is -0.880. The van der Waals surface area contributed by atoms with E-state index in [4.69, 9.17) is 5.11 Å². The van der Waals surface area contributed by atoms with E-state index in [-0.39, 0.29) is 0 Å². The van der Waals surface area contributed by atoms with Crippen molar-refractivity contribution in [1.82, 2.24) is 0 Å². The number of aliphatic hydroxyl groups is 1. The number of aliphatic carboxylic acids is 1. The fraction of sp³-hybridized carbons (Fsp3) is 0.364. The molecule has 2 N–H and O–H groups in total. The summed E-state index contributed by atoms with van der Waals surface area (Å²) in [4.78, 5) is 10.9. The molecule has 3 heteroatoms. The van der Waals surface area contributed by atoms with E-state index in [0.29, 0.717) is 5.56 Å². The minimum atomic E-state index is -0.995. The molecule has 0 spiro atoms. The highest BCUT2D eigenvalue weighted by Crippen LogP contribution is 2.20. The summed E-state index contributed by atoms with van der Waals surface area (Å²) in [6, 6.07) is 7.19. The predicted octanol–water partition coefficient (Wildman–Crippen LogP) is 1.54. The highest BCUT2D eigenvalue weighted by atomic mass is 16.4. The first-order valence-electron chi connectivity index (χ1n) is 4.50. The highest BCUT2D eigenvalue weighted by Gasteiger charge is 2.24. The van der Waals surface area contributed by atoms with Crippen LogP contribution in [0.2, 0.25) is 0 Å². The summed E-state index contributed by atoms with van der Waals surface area (Å²) in [5, 5.41) is 18.3. The molecule has 0 saturated heterocycles. The molecule has 0 heterocycles. The normalized spacial score (nSPS) is 14.8. The van der Waals surface area contributed by atoms with Gasteiger partial charge >= 0.3 is 5.97 Å². The Kier molecular flexibility index (Phi) is 3.25. The van der Waals surface area contributed by atoms with Gasteiger partial charge in [0.1, 0.15) is 5.92 Å². The Labute approximate surface area is 83.0 Å². The van der Waals surface area contributed by atoms with Crippen LogP contribution in [-0.4, -0.2) is 22.3 Å². The third-order valence-electron chi connectivity index (χ3n) is 2.15. The number of aryl methyl sites for hydroxylation is 1. The van der Waals surface area contributed by atoms with Crippen LogP contribution in [0.4, 0.5) is 0 Å². The van der Waals surface area contributed by atoms with Gasteiger partial charge < -0.3 is 10.2 Å². The van der Waals surface area contributed by atoms with Crippen LogP contribution in [0, 0.1) is 6.92 Å². The Bertz CT molecular complexity index is 331. The van der Waals surface area contributed by atoms with Gasteiger partial charge in [0, 0.05) is 0 Å². The van der Waals surface area contributed by atoms with Gasteiger partial charge in [-0.25, -0.2) is 0 Å². The number of carboxylic acids is 1. The first-order valence-corrected chi connectivity index (χ1v) is 4.50. The van der Waals surface area contributed by atoms with Crippen molar-refractivity contribution in [3.63, 3.8) is 0 Å². The number of aliphatic hydroxyl groups excluding tert-OH is 1. The molecule has 0 aliphatic rings. The van der Waals surface area contributed by atoms with Gasteiger partial charge in [0.25, 0.3) is 0 Å². The molecule has 0 unspecified atom stereocenters. The average Bonchev–Trinajstić information content (AvgIpc) is 2.02. The summed E-state index contributed by atoms with van der Waals surface area (Å²) in [7, 11) is 0. The number of carbonyl (C=O) groups is 1. The number of carboxylic acid groups (broad SMARTS) is 1. The van der Waals surface area contributed by atoms with Crippen molar-refractivity contribution in [3.05, 3.63) is 35.4 Å². The van der Waals surface area contributed by atoms with Gasteiger partial charge in [0.15, 0.2) is 0 Å². The van der Waals surface area contributed by atoms with Crippen LogP contribution in [0.1, 0.15) is 24.0 Å². The second-order valence-corrected chi connectivity index (χ2v) is 3.47. The van der Waals surface area contributed by atoms with E-state index in [9.17, 15) is 9.90 Å². The van der Waals surface area contributed by atoms with Crippen LogP contribution >= 0.6 is 0 Å². The van der Waals surface area contributed by atoms with Crippen LogP contribution in [0.3, 0.4) is 0 Å². The van der Waals surface area contributed by atoms with E-state index < -0.39 is 18.0 Å². The molecule has 0 bridgehead atoms. The Balaban J connectivity index is 3.05. The molecule has 3 nitrogen and oxygen atoms in total. The molecule has 1 rings (SSSR count). The van der Waals surface area contributed by atoms with Crippen molar-refractivity contribution in [2.75, 3.05) is 0 Å². The van der Waals surface area contributed by atoms with Gasteiger partial charge in [-0.15, -0.1) is 0 Å². The second-order valence-electron chi connectivity index (χ2n) is 3.47. The standard InChI is InChI=1S/C11H14O3/c1-7-4-3-5-9(6-7)10(8(2)12)11(13)14/h3-6,8,10,12H,1-2H3,(H,13,14)/t8-,10+/m1/s1. The molecule has 76 valence electrons. The Morgan fingerprint density at radius 3 is 2.50 bits per heavy atom. The molecule has 0 fully saturated rings. The Hall–Kier alpha value is -1.35. The van der Waals surface area contributed by atoms with Crippen LogP contribution < -0.4 is 0 Å².